The van der Waals surface area contributed by atoms with Crippen LogP contribution >= 0.6 is 11.3 Å². The SMILES string of the molecule is COc1cc(/C=N/NC(=O)c2cc(-c3cccs3)[nH]n2)cc(OC)c1OC(C)=O. The van der Waals surface area contributed by atoms with E-state index in [9.17, 15) is 9.59 Å². The van der Waals surface area contributed by atoms with Gasteiger partial charge >= 0.3 is 5.97 Å². The van der Waals surface area contributed by atoms with E-state index in [2.05, 4.69) is 20.7 Å². The minimum atomic E-state index is -0.504. The van der Waals surface area contributed by atoms with Gasteiger partial charge in [0.25, 0.3) is 5.91 Å². The second-order valence-electron chi connectivity index (χ2n) is 5.69. The first-order valence-corrected chi connectivity index (χ1v) is 9.27. The summed E-state index contributed by atoms with van der Waals surface area (Å²) in [7, 11) is 2.88. The molecule has 0 bridgehead atoms. The van der Waals surface area contributed by atoms with E-state index in [-0.39, 0.29) is 11.4 Å². The van der Waals surface area contributed by atoms with Crippen molar-refractivity contribution in [3.05, 3.63) is 47.0 Å². The molecule has 0 atom stereocenters. The Balaban J connectivity index is 1.72. The van der Waals surface area contributed by atoms with E-state index in [0.717, 1.165) is 10.6 Å². The Morgan fingerprint density at radius 3 is 2.52 bits per heavy atom. The summed E-state index contributed by atoms with van der Waals surface area (Å²) >= 11 is 1.54. The molecule has 2 N–H and O–H groups in total. The summed E-state index contributed by atoms with van der Waals surface area (Å²) in [4.78, 5) is 24.5. The number of aromatic nitrogens is 2. The van der Waals surface area contributed by atoms with Crippen LogP contribution in [0.4, 0.5) is 0 Å². The first-order chi connectivity index (χ1) is 14.0. The minimum Gasteiger partial charge on any atom is -0.493 e. The molecule has 150 valence electrons. The van der Waals surface area contributed by atoms with Gasteiger partial charge in [-0.3, -0.25) is 14.7 Å². The van der Waals surface area contributed by atoms with Gasteiger partial charge < -0.3 is 14.2 Å². The van der Waals surface area contributed by atoms with E-state index >= 15 is 0 Å². The molecule has 0 saturated carbocycles. The summed E-state index contributed by atoms with van der Waals surface area (Å²) in [5.74, 6) is -0.214. The highest BCUT2D eigenvalue weighted by atomic mass is 32.1. The number of carbonyl (C=O) groups is 2. The average Bonchev–Trinajstić information content (AvgIpc) is 3.39. The summed E-state index contributed by atoms with van der Waals surface area (Å²) in [6.07, 6.45) is 1.41. The monoisotopic (exact) mass is 414 g/mol. The predicted octanol–water partition coefficient (Wildman–Crippen LogP) is 2.84. The number of rotatable bonds is 7. The Bertz CT molecular complexity index is 1020. The molecule has 2 aromatic heterocycles. The molecule has 0 aliphatic rings. The quantitative estimate of drug-likeness (QED) is 0.266. The van der Waals surface area contributed by atoms with Crippen LogP contribution in [-0.4, -0.2) is 42.5 Å². The highest BCUT2D eigenvalue weighted by Crippen LogP contribution is 2.38. The fourth-order valence-corrected chi connectivity index (χ4v) is 3.13. The van der Waals surface area contributed by atoms with Gasteiger partial charge in [-0.2, -0.15) is 10.2 Å². The summed E-state index contributed by atoms with van der Waals surface area (Å²) in [6, 6.07) is 8.69. The first kappa shape index (κ1) is 20.1. The zero-order valence-electron chi connectivity index (χ0n) is 15.9. The van der Waals surface area contributed by atoms with Crippen molar-refractivity contribution in [1.29, 1.82) is 0 Å². The first-order valence-electron chi connectivity index (χ1n) is 8.39. The van der Waals surface area contributed by atoms with Gasteiger partial charge in [-0.15, -0.1) is 11.3 Å². The number of aromatic amines is 1. The molecule has 1 amide bonds. The standard InChI is InChI=1S/C19H18N4O5S/c1-11(24)28-18-15(26-2)7-12(8-16(18)27-3)10-20-23-19(25)14-9-13(21-22-14)17-5-4-6-29-17/h4-10H,1-3H3,(H,21,22)(H,23,25)/b20-10+. The molecule has 0 aliphatic heterocycles. The van der Waals surface area contributed by atoms with E-state index in [1.807, 2.05) is 17.5 Å². The van der Waals surface area contributed by atoms with Crippen molar-refractivity contribution in [3.63, 3.8) is 0 Å². The number of ether oxygens (including phenoxy) is 3. The Morgan fingerprint density at radius 1 is 1.21 bits per heavy atom. The zero-order chi connectivity index (χ0) is 20.8. The Labute approximate surface area is 170 Å². The predicted molar refractivity (Wildman–Crippen MR) is 108 cm³/mol. The van der Waals surface area contributed by atoms with E-state index in [4.69, 9.17) is 14.2 Å². The van der Waals surface area contributed by atoms with Crippen LogP contribution in [0.15, 0.2) is 40.8 Å². The number of carbonyl (C=O) groups excluding carboxylic acids is 2. The molecule has 0 spiro atoms. The molecule has 3 rings (SSSR count). The molecule has 9 nitrogen and oxygen atoms in total. The van der Waals surface area contributed by atoms with E-state index in [1.165, 1.54) is 27.4 Å². The second-order valence-corrected chi connectivity index (χ2v) is 6.64. The number of methoxy groups -OCH3 is 2. The van der Waals surface area contributed by atoms with E-state index in [1.54, 1.807) is 29.5 Å². The zero-order valence-corrected chi connectivity index (χ0v) is 16.7. The van der Waals surface area contributed by atoms with Crippen LogP contribution in [0.2, 0.25) is 0 Å². The van der Waals surface area contributed by atoms with Gasteiger partial charge in [0, 0.05) is 12.5 Å². The maximum atomic E-state index is 12.2. The fraction of sp³-hybridized carbons (Fsp3) is 0.158. The van der Waals surface area contributed by atoms with Crippen molar-refractivity contribution in [3.8, 4) is 27.8 Å². The van der Waals surface area contributed by atoms with Gasteiger partial charge in [0.15, 0.2) is 17.2 Å². The van der Waals surface area contributed by atoms with Gasteiger partial charge in [0.1, 0.15) is 0 Å². The molecule has 0 fully saturated rings. The lowest BCUT2D eigenvalue weighted by Gasteiger charge is -2.13. The van der Waals surface area contributed by atoms with Crippen molar-refractivity contribution < 1.29 is 23.8 Å². The number of amides is 1. The number of esters is 1. The maximum absolute atomic E-state index is 12.2. The average molecular weight is 414 g/mol. The Kier molecular flexibility index (Phi) is 6.25. The number of hydrogen-bond donors (Lipinski definition) is 2. The third kappa shape index (κ3) is 4.79. The number of hydrazone groups is 1. The van der Waals surface area contributed by atoms with Crippen LogP contribution in [0.1, 0.15) is 23.0 Å². The molecule has 2 heterocycles. The van der Waals surface area contributed by atoms with Crippen LogP contribution < -0.4 is 19.6 Å². The highest BCUT2D eigenvalue weighted by molar-refractivity contribution is 7.13. The van der Waals surface area contributed by atoms with Crippen molar-refractivity contribution in [2.45, 2.75) is 6.92 Å². The van der Waals surface area contributed by atoms with Gasteiger partial charge in [0.2, 0.25) is 5.75 Å². The number of H-pyrrole nitrogens is 1. The lowest BCUT2D eigenvalue weighted by molar-refractivity contribution is -0.132. The highest BCUT2D eigenvalue weighted by Gasteiger charge is 2.16. The van der Waals surface area contributed by atoms with Crippen molar-refractivity contribution >= 4 is 29.4 Å². The molecule has 0 aliphatic carbocycles. The topological polar surface area (TPSA) is 115 Å². The fourth-order valence-electron chi connectivity index (χ4n) is 2.44. The third-order valence-electron chi connectivity index (χ3n) is 3.71. The summed E-state index contributed by atoms with van der Waals surface area (Å²) < 4.78 is 15.6. The maximum Gasteiger partial charge on any atom is 0.308 e. The number of nitrogens with zero attached hydrogens (tertiary/aromatic N) is 2. The van der Waals surface area contributed by atoms with Gasteiger partial charge in [-0.1, -0.05) is 6.07 Å². The van der Waals surface area contributed by atoms with Crippen LogP contribution in [0.25, 0.3) is 10.6 Å². The van der Waals surface area contributed by atoms with Crippen molar-refractivity contribution in [2.75, 3.05) is 14.2 Å². The minimum absolute atomic E-state index is 0.168. The molecule has 0 saturated heterocycles. The lowest BCUT2D eigenvalue weighted by Crippen LogP contribution is -2.18. The number of benzene rings is 1. The summed E-state index contributed by atoms with van der Waals surface area (Å²) in [6.45, 7) is 1.28. The summed E-state index contributed by atoms with van der Waals surface area (Å²) in [5, 5.41) is 12.7. The number of thiophene rings is 1. The largest absolute Gasteiger partial charge is 0.493 e. The van der Waals surface area contributed by atoms with Crippen LogP contribution in [0.3, 0.4) is 0 Å². The molecule has 0 unspecified atom stereocenters. The Morgan fingerprint density at radius 2 is 1.93 bits per heavy atom. The molecular formula is C19H18N4O5S. The third-order valence-corrected chi connectivity index (χ3v) is 4.61. The lowest BCUT2D eigenvalue weighted by atomic mass is 10.2. The van der Waals surface area contributed by atoms with Gasteiger partial charge in [0.05, 0.1) is 31.0 Å². The molecule has 10 heteroatoms. The van der Waals surface area contributed by atoms with Gasteiger partial charge in [-0.25, -0.2) is 5.43 Å². The molecule has 29 heavy (non-hydrogen) atoms. The molecule has 3 aromatic rings. The smallest absolute Gasteiger partial charge is 0.308 e. The van der Waals surface area contributed by atoms with E-state index < -0.39 is 11.9 Å². The van der Waals surface area contributed by atoms with Gasteiger partial charge in [-0.05, 0) is 29.6 Å². The number of hydrogen-bond acceptors (Lipinski definition) is 8. The van der Waals surface area contributed by atoms with Crippen molar-refractivity contribution in [1.82, 2.24) is 15.6 Å². The molecule has 1 aromatic carbocycles. The van der Waals surface area contributed by atoms with Crippen LogP contribution in [0.5, 0.6) is 17.2 Å². The normalized spacial score (nSPS) is 10.7. The second kappa shape index (κ2) is 9.02. The van der Waals surface area contributed by atoms with E-state index in [0.29, 0.717) is 17.1 Å². The molecule has 0 radical (unpaired) electrons. The summed E-state index contributed by atoms with van der Waals surface area (Å²) in [5.41, 5.74) is 3.95. The molecular weight excluding hydrogens is 396 g/mol. The van der Waals surface area contributed by atoms with Crippen LogP contribution in [-0.2, 0) is 4.79 Å². The van der Waals surface area contributed by atoms with Crippen molar-refractivity contribution in [2.24, 2.45) is 5.10 Å². The Hall–Kier alpha value is -3.66. The number of nitrogens with one attached hydrogen (secondary N) is 2. The van der Waals surface area contributed by atoms with Crippen LogP contribution in [0, 0.1) is 0 Å².